The highest BCUT2D eigenvalue weighted by atomic mass is 19.1. The molecule has 0 saturated carbocycles. The van der Waals surface area contributed by atoms with Crippen LogP contribution in [0, 0.1) is 5.82 Å². The second-order valence-electron chi connectivity index (χ2n) is 5.81. The summed E-state index contributed by atoms with van der Waals surface area (Å²) in [6.07, 6.45) is 2.54. The van der Waals surface area contributed by atoms with Crippen LogP contribution in [0.1, 0.15) is 24.8 Å². The fraction of sp³-hybridized carbons (Fsp3) is 0.562. The summed E-state index contributed by atoms with van der Waals surface area (Å²) in [5.74, 6) is -0.224. The zero-order valence-corrected chi connectivity index (χ0v) is 12.2. The number of fused-ring (bicyclic) bond motifs is 1. The van der Waals surface area contributed by atoms with Crippen molar-refractivity contribution in [2.24, 2.45) is 0 Å². The number of amides is 1. The summed E-state index contributed by atoms with van der Waals surface area (Å²) in [6, 6.07) is 7.04. The molecular formula is C16H21FN2O2. The number of halogens is 1. The van der Waals surface area contributed by atoms with Crippen molar-refractivity contribution in [2.45, 2.75) is 44.1 Å². The molecule has 0 bridgehead atoms. The van der Waals surface area contributed by atoms with Crippen LogP contribution in [0.5, 0.6) is 0 Å². The van der Waals surface area contributed by atoms with Gasteiger partial charge in [-0.3, -0.25) is 9.69 Å². The molecule has 4 nitrogen and oxygen atoms in total. The van der Waals surface area contributed by atoms with Gasteiger partial charge >= 0.3 is 0 Å². The molecular weight excluding hydrogens is 271 g/mol. The standard InChI is InChI=1S/C16H21FN2O2/c1-18-16(20)15-7-6-13-14(21-15)8-9-19(13)10-11-2-4-12(17)5-3-11/h2-5,13-15H,6-10H2,1H3,(H,18,20)/t13-,14-,15-/m1/s1. The fourth-order valence-electron chi connectivity index (χ4n) is 3.39. The molecule has 3 rings (SSSR count). The average molecular weight is 292 g/mol. The van der Waals surface area contributed by atoms with Crippen molar-refractivity contribution in [1.29, 1.82) is 0 Å². The van der Waals surface area contributed by atoms with Crippen molar-refractivity contribution in [3.8, 4) is 0 Å². The lowest BCUT2D eigenvalue weighted by atomic mass is 9.98. The van der Waals surface area contributed by atoms with Crippen molar-refractivity contribution in [3.63, 3.8) is 0 Å². The minimum atomic E-state index is -0.304. The molecule has 2 aliphatic rings. The quantitative estimate of drug-likeness (QED) is 0.922. The number of hydrogen-bond donors (Lipinski definition) is 1. The van der Waals surface area contributed by atoms with E-state index in [4.69, 9.17) is 4.74 Å². The van der Waals surface area contributed by atoms with Crippen LogP contribution < -0.4 is 5.32 Å². The Bertz CT molecular complexity index is 506. The van der Waals surface area contributed by atoms with Crippen LogP contribution in [-0.4, -0.2) is 42.6 Å². The van der Waals surface area contributed by atoms with E-state index in [-0.39, 0.29) is 23.9 Å². The summed E-state index contributed by atoms with van der Waals surface area (Å²) >= 11 is 0. The normalized spacial score (nSPS) is 29.1. The van der Waals surface area contributed by atoms with E-state index in [1.165, 1.54) is 12.1 Å². The summed E-state index contributed by atoms with van der Waals surface area (Å²) in [5.41, 5.74) is 1.12. The number of nitrogens with one attached hydrogen (secondary N) is 1. The Hall–Kier alpha value is -1.46. The third-order valence-corrected chi connectivity index (χ3v) is 4.50. The predicted molar refractivity (Wildman–Crippen MR) is 77.2 cm³/mol. The van der Waals surface area contributed by atoms with E-state index in [0.717, 1.165) is 37.9 Å². The predicted octanol–water partition coefficient (Wildman–Crippen LogP) is 1.69. The van der Waals surface area contributed by atoms with E-state index in [1.54, 1.807) is 7.05 Å². The molecule has 2 fully saturated rings. The maximum absolute atomic E-state index is 12.9. The Morgan fingerprint density at radius 1 is 1.33 bits per heavy atom. The molecule has 0 aromatic heterocycles. The molecule has 1 aromatic carbocycles. The molecule has 0 spiro atoms. The molecule has 0 radical (unpaired) electrons. The van der Waals surface area contributed by atoms with Gasteiger partial charge in [-0.05, 0) is 37.0 Å². The van der Waals surface area contributed by atoms with Crippen LogP contribution in [-0.2, 0) is 16.1 Å². The topological polar surface area (TPSA) is 41.6 Å². The molecule has 2 heterocycles. The highest BCUT2D eigenvalue weighted by Crippen LogP contribution is 2.32. The molecule has 1 amide bonds. The van der Waals surface area contributed by atoms with Gasteiger partial charge in [-0.15, -0.1) is 0 Å². The SMILES string of the molecule is CNC(=O)[C@H]1CC[C@@H]2[C@@H](CCN2Cc2ccc(F)cc2)O1. The molecule has 5 heteroatoms. The van der Waals surface area contributed by atoms with Gasteiger partial charge < -0.3 is 10.1 Å². The second kappa shape index (κ2) is 6.12. The van der Waals surface area contributed by atoms with Gasteiger partial charge in [0.05, 0.1) is 6.10 Å². The van der Waals surface area contributed by atoms with E-state index in [0.29, 0.717) is 6.04 Å². The molecule has 3 atom stereocenters. The van der Waals surface area contributed by atoms with Crippen LogP contribution in [0.15, 0.2) is 24.3 Å². The number of likely N-dealkylation sites (N-methyl/N-ethyl adjacent to an activating group) is 1. The van der Waals surface area contributed by atoms with E-state index >= 15 is 0 Å². The number of hydrogen-bond acceptors (Lipinski definition) is 3. The number of carbonyl (C=O) groups is 1. The molecule has 114 valence electrons. The Morgan fingerprint density at radius 3 is 2.81 bits per heavy atom. The van der Waals surface area contributed by atoms with Crippen LogP contribution >= 0.6 is 0 Å². The van der Waals surface area contributed by atoms with Crippen molar-refractivity contribution in [1.82, 2.24) is 10.2 Å². The second-order valence-corrected chi connectivity index (χ2v) is 5.81. The number of likely N-dealkylation sites (tertiary alicyclic amines) is 1. The van der Waals surface area contributed by atoms with Crippen molar-refractivity contribution >= 4 is 5.91 Å². The van der Waals surface area contributed by atoms with E-state index < -0.39 is 0 Å². The van der Waals surface area contributed by atoms with Crippen molar-refractivity contribution in [2.75, 3.05) is 13.6 Å². The van der Waals surface area contributed by atoms with Gasteiger partial charge in [-0.2, -0.15) is 0 Å². The monoisotopic (exact) mass is 292 g/mol. The number of nitrogens with zero attached hydrogens (tertiary/aromatic N) is 1. The van der Waals surface area contributed by atoms with Gasteiger partial charge in [-0.1, -0.05) is 12.1 Å². The largest absolute Gasteiger partial charge is 0.363 e. The summed E-state index contributed by atoms with van der Waals surface area (Å²) in [7, 11) is 1.65. The van der Waals surface area contributed by atoms with Gasteiger partial charge in [0, 0.05) is 26.2 Å². The molecule has 1 aromatic rings. The minimum Gasteiger partial charge on any atom is -0.363 e. The average Bonchev–Trinajstić information content (AvgIpc) is 2.91. The first-order valence-electron chi connectivity index (χ1n) is 7.53. The van der Waals surface area contributed by atoms with Crippen LogP contribution in [0.25, 0.3) is 0 Å². The summed E-state index contributed by atoms with van der Waals surface area (Å²) in [4.78, 5) is 14.1. The lowest BCUT2D eigenvalue weighted by Crippen LogP contribution is -2.47. The maximum Gasteiger partial charge on any atom is 0.248 e. The molecule has 0 aliphatic carbocycles. The zero-order valence-electron chi connectivity index (χ0n) is 12.2. The van der Waals surface area contributed by atoms with Crippen LogP contribution in [0.2, 0.25) is 0 Å². The van der Waals surface area contributed by atoms with Crippen LogP contribution in [0.3, 0.4) is 0 Å². The number of rotatable bonds is 3. The Labute approximate surface area is 124 Å². The van der Waals surface area contributed by atoms with E-state index in [2.05, 4.69) is 10.2 Å². The molecule has 0 unspecified atom stereocenters. The third kappa shape index (κ3) is 3.09. The van der Waals surface area contributed by atoms with E-state index in [9.17, 15) is 9.18 Å². The minimum absolute atomic E-state index is 0.0227. The van der Waals surface area contributed by atoms with Crippen molar-refractivity contribution < 1.29 is 13.9 Å². The summed E-state index contributed by atoms with van der Waals surface area (Å²) < 4.78 is 18.9. The highest BCUT2D eigenvalue weighted by Gasteiger charge is 2.41. The molecule has 2 aliphatic heterocycles. The van der Waals surface area contributed by atoms with Gasteiger partial charge in [0.25, 0.3) is 0 Å². The zero-order chi connectivity index (χ0) is 14.8. The maximum atomic E-state index is 12.9. The van der Waals surface area contributed by atoms with Gasteiger partial charge in [0.2, 0.25) is 5.91 Å². The van der Waals surface area contributed by atoms with Gasteiger partial charge in [0.1, 0.15) is 11.9 Å². The Balaban J connectivity index is 1.61. The van der Waals surface area contributed by atoms with Crippen LogP contribution in [0.4, 0.5) is 4.39 Å². The van der Waals surface area contributed by atoms with Gasteiger partial charge in [0.15, 0.2) is 0 Å². The lowest BCUT2D eigenvalue weighted by molar-refractivity contribution is -0.143. The van der Waals surface area contributed by atoms with Gasteiger partial charge in [-0.25, -0.2) is 4.39 Å². The smallest absolute Gasteiger partial charge is 0.248 e. The third-order valence-electron chi connectivity index (χ3n) is 4.50. The summed E-state index contributed by atoms with van der Waals surface area (Å²) in [6.45, 7) is 1.78. The van der Waals surface area contributed by atoms with E-state index in [1.807, 2.05) is 12.1 Å². The number of carbonyl (C=O) groups excluding carboxylic acids is 1. The first-order valence-corrected chi connectivity index (χ1v) is 7.53. The molecule has 1 N–H and O–H groups in total. The highest BCUT2D eigenvalue weighted by molar-refractivity contribution is 5.80. The molecule has 2 saturated heterocycles. The lowest BCUT2D eigenvalue weighted by Gasteiger charge is -2.35. The first kappa shape index (κ1) is 14.5. The fourth-order valence-corrected chi connectivity index (χ4v) is 3.39. The Morgan fingerprint density at radius 2 is 2.10 bits per heavy atom. The van der Waals surface area contributed by atoms with Crippen molar-refractivity contribution in [3.05, 3.63) is 35.6 Å². The number of ether oxygens (including phenoxy) is 1. The molecule has 21 heavy (non-hydrogen) atoms. The number of benzene rings is 1. The Kier molecular flexibility index (Phi) is 4.22. The first-order chi connectivity index (χ1) is 10.2. The summed E-state index contributed by atoms with van der Waals surface area (Å²) in [5, 5.41) is 2.66.